The maximum Gasteiger partial charge on any atom is 0.167 e. The molecule has 0 aliphatic carbocycles. The molecule has 98 valence electrons. The SMILES string of the molecule is COc1cccc(CC(=O)c2cccc(OC)c2)c1. The Morgan fingerprint density at radius 1 is 0.947 bits per heavy atom. The van der Waals surface area contributed by atoms with Gasteiger partial charge >= 0.3 is 0 Å². The van der Waals surface area contributed by atoms with Gasteiger partial charge in [0.1, 0.15) is 11.5 Å². The number of methoxy groups -OCH3 is 2. The number of ether oxygens (including phenoxy) is 2. The normalized spacial score (nSPS) is 10.0. The summed E-state index contributed by atoms with van der Waals surface area (Å²) < 4.78 is 10.3. The van der Waals surface area contributed by atoms with Gasteiger partial charge in [0.25, 0.3) is 0 Å². The molecule has 0 aliphatic heterocycles. The standard InChI is InChI=1S/C16H16O3/c1-18-14-7-3-5-12(9-14)10-16(17)13-6-4-8-15(11-13)19-2/h3-9,11H,10H2,1-2H3. The minimum atomic E-state index is 0.0622. The van der Waals surface area contributed by atoms with Gasteiger partial charge in [-0.05, 0) is 29.8 Å². The molecule has 0 radical (unpaired) electrons. The van der Waals surface area contributed by atoms with Crippen molar-refractivity contribution in [1.29, 1.82) is 0 Å². The zero-order valence-electron chi connectivity index (χ0n) is 11.1. The van der Waals surface area contributed by atoms with E-state index < -0.39 is 0 Å². The van der Waals surface area contributed by atoms with Crippen LogP contribution in [0.4, 0.5) is 0 Å². The number of benzene rings is 2. The third kappa shape index (κ3) is 3.35. The Hall–Kier alpha value is -2.29. The van der Waals surface area contributed by atoms with Crippen molar-refractivity contribution in [2.75, 3.05) is 14.2 Å². The molecule has 0 aliphatic rings. The highest BCUT2D eigenvalue weighted by Crippen LogP contribution is 2.17. The van der Waals surface area contributed by atoms with Crippen molar-refractivity contribution in [2.45, 2.75) is 6.42 Å². The molecular weight excluding hydrogens is 240 g/mol. The van der Waals surface area contributed by atoms with Crippen LogP contribution >= 0.6 is 0 Å². The Kier molecular flexibility index (Phi) is 4.18. The van der Waals surface area contributed by atoms with Gasteiger partial charge in [-0.1, -0.05) is 24.3 Å². The summed E-state index contributed by atoms with van der Waals surface area (Å²) in [6, 6.07) is 14.7. The summed E-state index contributed by atoms with van der Waals surface area (Å²) >= 11 is 0. The summed E-state index contributed by atoms with van der Waals surface area (Å²) in [4.78, 5) is 12.2. The van der Waals surface area contributed by atoms with E-state index in [0.29, 0.717) is 17.7 Å². The van der Waals surface area contributed by atoms with Crippen LogP contribution in [0.15, 0.2) is 48.5 Å². The second-order valence-electron chi connectivity index (χ2n) is 4.18. The predicted molar refractivity (Wildman–Crippen MR) is 74.0 cm³/mol. The molecule has 0 N–H and O–H groups in total. The molecule has 0 heterocycles. The van der Waals surface area contributed by atoms with E-state index in [1.54, 1.807) is 26.4 Å². The first-order valence-corrected chi connectivity index (χ1v) is 6.03. The third-order valence-electron chi connectivity index (χ3n) is 2.89. The average molecular weight is 256 g/mol. The maximum absolute atomic E-state index is 12.2. The first kappa shape index (κ1) is 13.1. The zero-order valence-corrected chi connectivity index (χ0v) is 11.1. The van der Waals surface area contributed by atoms with E-state index in [1.807, 2.05) is 36.4 Å². The fourth-order valence-corrected chi connectivity index (χ4v) is 1.87. The second kappa shape index (κ2) is 6.05. The van der Waals surface area contributed by atoms with Crippen LogP contribution in [0.2, 0.25) is 0 Å². The Morgan fingerprint density at radius 2 is 1.58 bits per heavy atom. The topological polar surface area (TPSA) is 35.5 Å². The lowest BCUT2D eigenvalue weighted by molar-refractivity contribution is 0.0992. The molecule has 0 fully saturated rings. The fraction of sp³-hybridized carbons (Fsp3) is 0.188. The molecule has 0 amide bonds. The van der Waals surface area contributed by atoms with Gasteiger partial charge in [-0.25, -0.2) is 0 Å². The molecule has 0 spiro atoms. The van der Waals surface area contributed by atoms with Crippen molar-refractivity contribution < 1.29 is 14.3 Å². The number of Topliss-reactive ketones (excluding diaryl/α,β-unsaturated/α-hetero) is 1. The average Bonchev–Trinajstić information content (AvgIpc) is 2.47. The van der Waals surface area contributed by atoms with Gasteiger partial charge in [-0.2, -0.15) is 0 Å². The number of rotatable bonds is 5. The predicted octanol–water partition coefficient (Wildman–Crippen LogP) is 3.13. The number of carbonyl (C=O) groups is 1. The van der Waals surface area contributed by atoms with Crippen molar-refractivity contribution >= 4 is 5.78 Å². The van der Waals surface area contributed by atoms with Crippen LogP contribution in [0, 0.1) is 0 Å². The van der Waals surface area contributed by atoms with E-state index in [2.05, 4.69) is 0 Å². The number of hydrogen-bond acceptors (Lipinski definition) is 3. The molecular formula is C16H16O3. The van der Waals surface area contributed by atoms with E-state index in [4.69, 9.17) is 9.47 Å². The Morgan fingerprint density at radius 3 is 2.26 bits per heavy atom. The molecule has 0 bridgehead atoms. The molecule has 0 aromatic heterocycles. The molecule has 3 nitrogen and oxygen atoms in total. The molecule has 3 heteroatoms. The molecule has 0 atom stereocenters. The molecule has 2 rings (SSSR count). The van der Waals surface area contributed by atoms with Crippen molar-refractivity contribution in [3.05, 3.63) is 59.7 Å². The molecule has 2 aromatic rings. The van der Waals surface area contributed by atoms with Crippen molar-refractivity contribution in [2.24, 2.45) is 0 Å². The van der Waals surface area contributed by atoms with Crippen molar-refractivity contribution in [3.8, 4) is 11.5 Å². The van der Waals surface area contributed by atoms with E-state index in [1.165, 1.54) is 0 Å². The molecule has 0 saturated carbocycles. The lowest BCUT2D eigenvalue weighted by Gasteiger charge is -2.05. The molecule has 0 saturated heterocycles. The lowest BCUT2D eigenvalue weighted by atomic mass is 10.0. The minimum absolute atomic E-state index is 0.0622. The van der Waals surface area contributed by atoms with Crippen molar-refractivity contribution in [3.63, 3.8) is 0 Å². The van der Waals surface area contributed by atoms with Gasteiger partial charge in [-0.15, -0.1) is 0 Å². The highest BCUT2D eigenvalue weighted by molar-refractivity contribution is 5.97. The van der Waals surface area contributed by atoms with Crippen LogP contribution in [0.5, 0.6) is 11.5 Å². The Bertz CT molecular complexity index is 576. The van der Waals surface area contributed by atoms with Gasteiger partial charge < -0.3 is 9.47 Å². The summed E-state index contributed by atoms with van der Waals surface area (Å²) in [6.45, 7) is 0. The number of carbonyl (C=O) groups excluding carboxylic acids is 1. The van der Waals surface area contributed by atoms with Crippen LogP contribution in [0.1, 0.15) is 15.9 Å². The molecule has 19 heavy (non-hydrogen) atoms. The van der Waals surface area contributed by atoms with E-state index in [0.717, 1.165) is 11.3 Å². The van der Waals surface area contributed by atoms with Crippen LogP contribution in [0.3, 0.4) is 0 Å². The highest BCUT2D eigenvalue weighted by Gasteiger charge is 2.08. The monoisotopic (exact) mass is 256 g/mol. The van der Waals surface area contributed by atoms with Crippen LogP contribution in [0.25, 0.3) is 0 Å². The summed E-state index contributed by atoms with van der Waals surface area (Å²) in [6.07, 6.45) is 0.352. The van der Waals surface area contributed by atoms with Crippen LogP contribution in [-0.2, 0) is 6.42 Å². The summed E-state index contributed by atoms with van der Waals surface area (Å²) in [7, 11) is 3.20. The smallest absolute Gasteiger partial charge is 0.167 e. The Balaban J connectivity index is 2.15. The molecule has 2 aromatic carbocycles. The van der Waals surface area contributed by atoms with E-state index >= 15 is 0 Å². The summed E-state index contributed by atoms with van der Waals surface area (Å²) in [5, 5.41) is 0. The van der Waals surface area contributed by atoms with Gasteiger partial charge in [0.05, 0.1) is 14.2 Å². The minimum Gasteiger partial charge on any atom is -0.497 e. The first-order chi connectivity index (χ1) is 9.22. The largest absolute Gasteiger partial charge is 0.497 e. The molecule has 0 unspecified atom stereocenters. The highest BCUT2D eigenvalue weighted by atomic mass is 16.5. The Labute approximate surface area is 112 Å². The zero-order chi connectivity index (χ0) is 13.7. The third-order valence-corrected chi connectivity index (χ3v) is 2.89. The van der Waals surface area contributed by atoms with E-state index in [-0.39, 0.29) is 5.78 Å². The van der Waals surface area contributed by atoms with Crippen LogP contribution < -0.4 is 9.47 Å². The summed E-state index contributed by atoms with van der Waals surface area (Å²) in [5.74, 6) is 1.51. The summed E-state index contributed by atoms with van der Waals surface area (Å²) in [5.41, 5.74) is 1.59. The fourth-order valence-electron chi connectivity index (χ4n) is 1.87. The van der Waals surface area contributed by atoms with Gasteiger partial charge in [0.15, 0.2) is 5.78 Å². The van der Waals surface area contributed by atoms with Crippen molar-refractivity contribution in [1.82, 2.24) is 0 Å². The number of ketones is 1. The van der Waals surface area contributed by atoms with E-state index in [9.17, 15) is 4.79 Å². The number of hydrogen-bond donors (Lipinski definition) is 0. The maximum atomic E-state index is 12.2. The van der Waals surface area contributed by atoms with Crippen LogP contribution in [-0.4, -0.2) is 20.0 Å². The van der Waals surface area contributed by atoms with Gasteiger partial charge in [-0.3, -0.25) is 4.79 Å². The van der Waals surface area contributed by atoms with Gasteiger partial charge in [0, 0.05) is 12.0 Å². The lowest BCUT2D eigenvalue weighted by Crippen LogP contribution is -2.03. The second-order valence-corrected chi connectivity index (χ2v) is 4.18. The first-order valence-electron chi connectivity index (χ1n) is 6.03. The quantitative estimate of drug-likeness (QED) is 0.771. The van der Waals surface area contributed by atoms with Gasteiger partial charge in [0.2, 0.25) is 0 Å².